The van der Waals surface area contributed by atoms with E-state index in [0.717, 1.165) is 57.7 Å². The number of pyridine rings is 1. The molecule has 2 aromatic heterocycles. The molecule has 2 aliphatic rings. The highest BCUT2D eigenvalue weighted by Crippen LogP contribution is 2.44. The van der Waals surface area contributed by atoms with E-state index in [2.05, 4.69) is 9.71 Å². The number of nitrogens with zero attached hydrogens (tertiary/aromatic N) is 2. The predicted octanol–water partition coefficient (Wildman–Crippen LogP) is 4.80. The number of halogens is 1. The van der Waals surface area contributed by atoms with Crippen molar-refractivity contribution in [2.24, 2.45) is 0 Å². The van der Waals surface area contributed by atoms with Gasteiger partial charge >= 0.3 is 0 Å². The molecule has 1 atom stereocenters. The Balaban J connectivity index is 1.42. The van der Waals surface area contributed by atoms with Crippen molar-refractivity contribution in [3.63, 3.8) is 0 Å². The number of hydrogen-bond acceptors (Lipinski definition) is 6. The highest BCUT2D eigenvalue weighted by molar-refractivity contribution is 7.90. The minimum Gasteiger partial charge on any atom is -0.479 e. The molecule has 1 N–H and O–H groups in total. The normalized spacial score (nSPS) is 18.0. The molecule has 1 amide bonds. The van der Waals surface area contributed by atoms with Crippen LogP contribution in [0.15, 0.2) is 30.5 Å². The molecule has 36 heavy (non-hydrogen) atoms. The van der Waals surface area contributed by atoms with Crippen molar-refractivity contribution in [2.45, 2.75) is 57.3 Å². The summed E-state index contributed by atoms with van der Waals surface area (Å²) in [7, 11) is -3.30. The first-order valence-electron chi connectivity index (χ1n) is 12.4. The molecule has 10 heteroatoms. The number of rotatable bonds is 7. The fourth-order valence-electron chi connectivity index (χ4n) is 4.79. The van der Waals surface area contributed by atoms with Gasteiger partial charge in [-0.05, 0) is 63.8 Å². The van der Waals surface area contributed by atoms with Crippen molar-refractivity contribution in [2.75, 3.05) is 19.6 Å². The molecule has 4 heterocycles. The second-order valence-corrected chi connectivity index (χ2v) is 13.6. The lowest BCUT2D eigenvalue weighted by Crippen LogP contribution is -2.43. The van der Waals surface area contributed by atoms with Crippen LogP contribution in [0.25, 0.3) is 21.3 Å². The maximum Gasteiger partial charge on any atom is 0.263 e. The predicted molar refractivity (Wildman–Crippen MR) is 144 cm³/mol. The number of thiophene rings is 1. The molecule has 0 spiro atoms. The van der Waals surface area contributed by atoms with E-state index in [1.54, 1.807) is 31.4 Å². The quantitative estimate of drug-likeness (QED) is 0.459. The highest BCUT2D eigenvalue weighted by Gasteiger charge is 2.35. The number of sulfonamides is 1. The van der Waals surface area contributed by atoms with Crippen LogP contribution >= 0.6 is 22.9 Å². The molecular formula is C26H30ClN3O4S2. The number of nitrogens with one attached hydrogen (secondary N) is 1. The topological polar surface area (TPSA) is 88.6 Å². The molecule has 1 fully saturated rings. The number of amides is 1. The summed E-state index contributed by atoms with van der Waals surface area (Å²) in [6, 6.07) is 7.72. The van der Waals surface area contributed by atoms with Gasteiger partial charge in [0.05, 0.1) is 15.5 Å². The number of fused-ring (bicyclic) bond motifs is 2. The first kappa shape index (κ1) is 25.4. The van der Waals surface area contributed by atoms with E-state index in [-0.39, 0.29) is 5.91 Å². The Bertz CT molecular complexity index is 1400. The number of piperidine rings is 1. The van der Waals surface area contributed by atoms with Crippen molar-refractivity contribution >= 4 is 49.1 Å². The summed E-state index contributed by atoms with van der Waals surface area (Å²) in [4.78, 5) is 20.6. The van der Waals surface area contributed by atoms with Crippen LogP contribution in [0.1, 0.15) is 43.6 Å². The van der Waals surface area contributed by atoms with Crippen molar-refractivity contribution in [1.29, 1.82) is 0 Å². The largest absolute Gasteiger partial charge is 0.479 e. The fourth-order valence-corrected chi connectivity index (χ4v) is 6.89. The molecule has 0 radical (unpaired) electrons. The summed E-state index contributed by atoms with van der Waals surface area (Å²) in [5.74, 6) is 0.761. The lowest BCUT2D eigenvalue weighted by molar-refractivity contribution is -0.138. The smallest absolute Gasteiger partial charge is 0.263 e. The summed E-state index contributed by atoms with van der Waals surface area (Å²) in [5.41, 5.74) is 3.58. The van der Waals surface area contributed by atoms with Gasteiger partial charge in [0.2, 0.25) is 10.0 Å². The number of ether oxygens (including phenoxy) is 1. The zero-order valence-corrected chi connectivity index (χ0v) is 22.8. The third kappa shape index (κ3) is 5.11. The molecule has 3 aromatic rings. The molecule has 1 saturated heterocycles. The summed E-state index contributed by atoms with van der Waals surface area (Å²) in [6.45, 7) is 5.23. The van der Waals surface area contributed by atoms with E-state index >= 15 is 0 Å². The molecule has 2 aliphatic heterocycles. The van der Waals surface area contributed by atoms with Gasteiger partial charge in [-0.2, -0.15) is 0 Å². The molecular weight excluding hydrogens is 518 g/mol. The number of aromatic nitrogens is 1. The van der Waals surface area contributed by atoms with E-state index in [1.165, 1.54) is 6.42 Å². The van der Waals surface area contributed by atoms with Crippen LogP contribution in [0.5, 0.6) is 5.75 Å². The number of benzene rings is 1. The zero-order chi connectivity index (χ0) is 25.4. The minimum absolute atomic E-state index is 0.0510. The van der Waals surface area contributed by atoms with Gasteiger partial charge in [0.25, 0.3) is 5.91 Å². The van der Waals surface area contributed by atoms with Crippen molar-refractivity contribution in [3.05, 3.63) is 45.9 Å². The van der Waals surface area contributed by atoms with Crippen LogP contribution in [0.4, 0.5) is 0 Å². The summed E-state index contributed by atoms with van der Waals surface area (Å²) in [5, 5.41) is 0.131. The van der Waals surface area contributed by atoms with E-state index in [0.29, 0.717) is 30.2 Å². The summed E-state index contributed by atoms with van der Waals surface area (Å²) >= 11 is 8.11. The fraction of sp³-hybridized carbons (Fsp3) is 0.462. The van der Waals surface area contributed by atoms with Gasteiger partial charge in [-0.1, -0.05) is 11.6 Å². The van der Waals surface area contributed by atoms with E-state index < -0.39 is 21.4 Å². The third-order valence-electron chi connectivity index (χ3n) is 6.79. The number of carbonyl (C=O) groups is 1. The van der Waals surface area contributed by atoms with Gasteiger partial charge < -0.3 is 9.64 Å². The highest BCUT2D eigenvalue weighted by atomic mass is 35.5. The molecule has 1 aromatic carbocycles. The maximum atomic E-state index is 13.1. The van der Waals surface area contributed by atoms with Crippen LogP contribution in [0, 0.1) is 0 Å². The van der Waals surface area contributed by atoms with E-state index in [4.69, 9.17) is 16.3 Å². The first-order chi connectivity index (χ1) is 17.2. The Hall–Kier alpha value is -2.20. The van der Waals surface area contributed by atoms with Crippen molar-refractivity contribution in [1.82, 2.24) is 14.6 Å². The molecule has 5 rings (SSSR count). The van der Waals surface area contributed by atoms with Crippen LogP contribution in [-0.4, -0.2) is 55.2 Å². The second-order valence-electron chi connectivity index (χ2n) is 9.66. The van der Waals surface area contributed by atoms with Gasteiger partial charge in [0, 0.05) is 58.8 Å². The Morgan fingerprint density at radius 2 is 2.00 bits per heavy atom. The first-order valence-corrected chi connectivity index (χ1v) is 15.1. The number of carbonyl (C=O) groups excluding carboxylic acids is 1. The van der Waals surface area contributed by atoms with Crippen molar-refractivity contribution < 1.29 is 17.9 Å². The molecule has 0 aliphatic carbocycles. The standard InChI is InChI=1S/C26H30ClN3O4S2/c1-16(2)36(32,33)29-9-6-19-15-22-25(35-19)20(7-8-28-22)21-14-18(27)12-17-13-23(34-24(17)21)26(31)30-10-4-3-5-11-30/h7-8,12,14-16,23,29H,3-6,9-11,13H2,1-2H3. The van der Waals surface area contributed by atoms with Crippen LogP contribution < -0.4 is 9.46 Å². The van der Waals surface area contributed by atoms with Gasteiger partial charge in [-0.25, -0.2) is 13.1 Å². The molecule has 0 saturated carbocycles. The summed E-state index contributed by atoms with van der Waals surface area (Å²) < 4.78 is 34.1. The SMILES string of the molecule is CC(C)S(=O)(=O)NCCc1cc2nccc(-c3cc(Cl)cc4c3OC(C(=O)N3CCCCC3)C4)c2s1. The molecule has 1 unspecified atom stereocenters. The van der Waals surface area contributed by atoms with Crippen LogP contribution in [0.3, 0.4) is 0 Å². The average Bonchev–Trinajstić information content (AvgIpc) is 3.47. The van der Waals surface area contributed by atoms with Gasteiger partial charge in [-0.3, -0.25) is 9.78 Å². The molecule has 0 bridgehead atoms. The Morgan fingerprint density at radius 3 is 2.75 bits per heavy atom. The average molecular weight is 548 g/mol. The van der Waals surface area contributed by atoms with Crippen LogP contribution in [0.2, 0.25) is 5.02 Å². The van der Waals surface area contributed by atoms with E-state index in [1.807, 2.05) is 29.2 Å². The van der Waals surface area contributed by atoms with Crippen molar-refractivity contribution in [3.8, 4) is 16.9 Å². The Kier molecular flexibility index (Phi) is 7.27. The van der Waals surface area contributed by atoms with Gasteiger partial charge in [0.15, 0.2) is 6.10 Å². The Morgan fingerprint density at radius 1 is 1.22 bits per heavy atom. The monoisotopic (exact) mass is 547 g/mol. The lowest BCUT2D eigenvalue weighted by atomic mass is 10.0. The Labute approximate surface area is 220 Å². The minimum atomic E-state index is -3.30. The number of likely N-dealkylation sites (tertiary alicyclic amines) is 1. The number of hydrogen-bond donors (Lipinski definition) is 1. The zero-order valence-electron chi connectivity index (χ0n) is 20.4. The molecule has 7 nitrogen and oxygen atoms in total. The maximum absolute atomic E-state index is 13.1. The van der Waals surface area contributed by atoms with Gasteiger partial charge in [-0.15, -0.1) is 11.3 Å². The van der Waals surface area contributed by atoms with E-state index in [9.17, 15) is 13.2 Å². The third-order valence-corrected chi connectivity index (χ3v) is 10.1. The molecule has 192 valence electrons. The second kappa shape index (κ2) is 10.3. The van der Waals surface area contributed by atoms with Crippen LogP contribution in [-0.2, 0) is 27.7 Å². The lowest BCUT2D eigenvalue weighted by Gasteiger charge is -2.28. The van der Waals surface area contributed by atoms with Gasteiger partial charge in [0.1, 0.15) is 5.75 Å². The summed E-state index contributed by atoms with van der Waals surface area (Å²) in [6.07, 6.45) is 5.56.